The number of methoxy groups -OCH3 is 1. The molecule has 0 radical (unpaired) electrons. The number of aromatic amines is 1. The summed E-state index contributed by atoms with van der Waals surface area (Å²) >= 11 is 0. The molecule has 21 heavy (non-hydrogen) atoms. The van der Waals surface area contributed by atoms with Crippen LogP contribution >= 0.6 is 0 Å². The van der Waals surface area contributed by atoms with E-state index in [9.17, 15) is 4.79 Å². The van der Waals surface area contributed by atoms with Gasteiger partial charge in [0.15, 0.2) is 0 Å². The van der Waals surface area contributed by atoms with Crippen molar-refractivity contribution in [2.24, 2.45) is 5.92 Å². The van der Waals surface area contributed by atoms with E-state index in [-0.39, 0.29) is 18.1 Å². The summed E-state index contributed by atoms with van der Waals surface area (Å²) in [7, 11) is 3.48. The van der Waals surface area contributed by atoms with E-state index in [1.165, 1.54) is 23.8 Å². The Balaban J connectivity index is 2.17. The van der Waals surface area contributed by atoms with Crippen molar-refractivity contribution in [3.8, 4) is 0 Å². The van der Waals surface area contributed by atoms with Crippen molar-refractivity contribution >= 4 is 16.9 Å². The Morgan fingerprint density at radius 3 is 2.76 bits per heavy atom. The van der Waals surface area contributed by atoms with Crippen LogP contribution in [0.4, 0.5) is 0 Å². The number of likely N-dealkylation sites (N-methyl/N-ethyl adjacent to an activating group) is 1. The van der Waals surface area contributed by atoms with Crippen LogP contribution in [0.1, 0.15) is 31.1 Å². The van der Waals surface area contributed by atoms with Crippen LogP contribution in [0.3, 0.4) is 0 Å². The molecule has 0 unspecified atom stereocenters. The number of hydrogen-bond donors (Lipinski definition) is 1. The number of hydrogen-bond acceptors (Lipinski definition) is 3. The van der Waals surface area contributed by atoms with Gasteiger partial charge >= 0.3 is 5.97 Å². The zero-order chi connectivity index (χ0) is 15.1. The maximum Gasteiger partial charge on any atom is 0.323 e. The third kappa shape index (κ3) is 2.14. The Labute approximate surface area is 125 Å². The van der Waals surface area contributed by atoms with E-state index in [0.717, 1.165) is 5.52 Å². The van der Waals surface area contributed by atoms with Gasteiger partial charge in [0.1, 0.15) is 6.04 Å². The summed E-state index contributed by atoms with van der Waals surface area (Å²) in [6, 6.07) is 8.29. The number of carbonyl (C=O) groups excluding carboxylic acids is 1. The molecule has 1 N–H and O–H groups in total. The molecule has 0 saturated carbocycles. The van der Waals surface area contributed by atoms with E-state index in [1.807, 2.05) is 19.2 Å². The van der Waals surface area contributed by atoms with Gasteiger partial charge in [-0.15, -0.1) is 0 Å². The molecular formula is C17H22N2O2. The number of para-hydroxylation sites is 1. The van der Waals surface area contributed by atoms with Gasteiger partial charge in [0.2, 0.25) is 0 Å². The highest BCUT2D eigenvalue weighted by atomic mass is 16.5. The van der Waals surface area contributed by atoms with Crippen LogP contribution in [-0.4, -0.2) is 36.1 Å². The van der Waals surface area contributed by atoms with Crippen molar-refractivity contribution in [2.75, 3.05) is 14.2 Å². The van der Waals surface area contributed by atoms with Crippen LogP contribution in [0, 0.1) is 5.92 Å². The molecule has 2 heterocycles. The first-order chi connectivity index (χ1) is 10.0. The molecule has 4 heteroatoms. The molecule has 0 bridgehead atoms. The fraction of sp³-hybridized carbons (Fsp3) is 0.471. The number of H-pyrrole nitrogens is 1. The molecule has 0 amide bonds. The SMILES string of the molecule is COC(=O)[C@@H]1Cc2c([nH]c3ccccc23)[C@H](C(C)C)N1C. The number of aromatic nitrogens is 1. The van der Waals surface area contributed by atoms with Crippen molar-refractivity contribution in [3.05, 3.63) is 35.5 Å². The van der Waals surface area contributed by atoms with E-state index < -0.39 is 0 Å². The van der Waals surface area contributed by atoms with Gasteiger partial charge in [-0.25, -0.2) is 0 Å². The summed E-state index contributed by atoms with van der Waals surface area (Å²) < 4.78 is 5.00. The van der Waals surface area contributed by atoms with Gasteiger partial charge in [0.25, 0.3) is 0 Å². The van der Waals surface area contributed by atoms with Gasteiger partial charge < -0.3 is 9.72 Å². The molecule has 1 aliphatic heterocycles. The summed E-state index contributed by atoms with van der Waals surface area (Å²) in [5.74, 6) is 0.258. The lowest BCUT2D eigenvalue weighted by molar-refractivity contribution is -0.148. The highest BCUT2D eigenvalue weighted by Crippen LogP contribution is 2.40. The molecule has 112 valence electrons. The summed E-state index contributed by atoms with van der Waals surface area (Å²) in [6.07, 6.45) is 0.700. The zero-order valence-electron chi connectivity index (χ0n) is 13.0. The second kappa shape index (κ2) is 5.19. The summed E-state index contributed by atoms with van der Waals surface area (Å²) in [4.78, 5) is 17.8. The minimum absolute atomic E-state index is 0.154. The van der Waals surface area contributed by atoms with Crippen LogP contribution in [0.15, 0.2) is 24.3 Å². The smallest absolute Gasteiger partial charge is 0.323 e. The first-order valence-corrected chi connectivity index (χ1v) is 7.43. The lowest BCUT2D eigenvalue weighted by Crippen LogP contribution is -2.47. The van der Waals surface area contributed by atoms with E-state index in [2.05, 4.69) is 35.9 Å². The fourth-order valence-corrected chi connectivity index (χ4v) is 3.62. The Bertz CT molecular complexity index is 674. The largest absolute Gasteiger partial charge is 0.468 e. The Kier molecular flexibility index (Phi) is 3.49. The predicted molar refractivity (Wildman–Crippen MR) is 83.1 cm³/mol. The molecule has 0 fully saturated rings. The van der Waals surface area contributed by atoms with Gasteiger partial charge in [-0.2, -0.15) is 0 Å². The quantitative estimate of drug-likeness (QED) is 0.863. The van der Waals surface area contributed by atoms with Crippen LogP contribution in [-0.2, 0) is 16.0 Å². The fourth-order valence-electron chi connectivity index (χ4n) is 3.62. The molecular weight excluding hydrogens is 264 g/mol. The van der Waals surface area contributed by atoms with Gasteiger partial charge in [-0.1, -0.05) is 32.0 Å². The number of carbonyl (C=O) groups is 1. The maximum atomic E-state index is 12.1. The van der Waals surface area contributed by atoms with Crippen LogP contribution in [0.5, 0.6) is 0 Å². The van der Waals surface area contributed by atoms with E-state index in [0.29, 0.717) is 12.3 Å². The predicted octanol–water partition coefficient (Wildman–Crippen LogP) is 2.89. The maximum absolute atomic E-state index is 12.1. The number of nitrogens with zero attached hydrogens (tertiary/aromatic N) is 1. The Morgan fingerprint density at radius 1 is 1.38 bits per heavy atom. The second-order valence-corrected chi connectivity index (χ2v) is 6.16. The van der Waals surface area contributed by atoms with Gasteiger partial charge in [0, 0.05) is 23.0 Å². The van der Waals surface area contributed by atoms with E-state index in [1.54, 1.807) is 0 Å². The lowest BCUT2D eigenvalue weighted by Gasteiger charge is -2.40. The van der Waals surface area contributed by atoms with E-state index >= 15 is 0 Å². The summed E-state index contributed by atoms with van der Waals surface area (Å²) in [6.45, 7) is 4.38. The second-order valence-electron chi connectivity index (χ2n) is 6.16. The Morgan fingerprint density at radius 2 is 2.10 bits per heavy atom. The minimum Gasteiger partial charge on any atom is -0.468 e. The molecule has 1 aromatic carbocycles. The van der Waals surface area contributed by atoms with Gasteiger partial charge in [-0.05, 0) is 24.6 Å². The van der Waals surface area contributed by atoms with Gasteiger partial charge in [-0.3, -0.25) is 9.69 Å². The summed E-state index contributed by atoms with van der Waals surface area (Å²) in [5, 5.41) is 1.22. The monoisotopic (exact) mass is 286 g/mol. The molecule has 1 aromatic heterocycles. The standard InChI is InChI=1S/C17H22N2O2/c1-10(2)16-15-12(9-14(19(16)3)17(20)21-4)11-7-5-6-8-13(11)18-15/h5-8,10,14,16,18H,9H2,1-4H3/t14-,16-/m0/s1. The highest BCUT2D eigenvalue weighted by molar-refractivity contribution is 5.87. The third-order valence-corrected chi connectivity index (χ3v) is 4.58. The average molecular weight is 286 g/mol. The average Bonchev–Trinajstić information content (AvgIpc) is 2.83. The number of rotatable bonds is 2. The molecule has 0 aliphatic carbocycles. The normalized spacial score (nSPS) is 22.5. The molecule has 0 spiro atoms. The highest BCUT2D eigenvalue weighted by Gasteiger charge is 2.39. The molecule has 2 atom stereocenters. The first-order valence-electron chi connectivity index (χ1n) is 7.43. The molecule has 4 nitrogen and oxygen atoms in total. The molecule has 1 aliphatic rings. The number of nitrogens with one attached hydrogen (secondary N) is 1. The molecule has 0 saturated heterocycles. The van der Waals surface area contributed by atoms with Crippen LogP contribution < -0.4 is 0 Å². The number of esters is 1. The van der Waals surface area contributed by atoms with Crippen LogP contribution in [0.25, 0.3) is 10.9 Å². The van der Waals surface area contributed by atoms with Gasteiger partial charge in [0.05, 0.1) is 13.2 Å². The van der Waals surface area contributed by atoms with Crippen molar-refractivity contribution in [2.45, 2.75) is 32.4 Å². The Hall–Kier alpha value is -1.81. The number of fused-ring (bicyclic) bond motifs is 3. The first kappa shape index (κ1) is 14.1. The minimum atomic E-state index is -0.214. The number of benzene rings is 1. The molecule has 2 aromatic rings. The van der Waals surface area contributed by atoms with Crippen molar-refractivity contribution < 1.29 is 9.53 Å². The van der Waals surface area contributed by atoms with E-state index in [4.69, 9.17) is 4.74 Å². The van der Waals surface area contributed by atoms with Crippen molar-refractivity contribution in [1.82, 2.24) is 9.88 Å². The topological polar surface area (TPSA) is 45.3 Å². The lowest BCUT2D eigenvalue weighted by atomic mass is 9.87. The number of ether oxygens (including phenoxy) is 1. The molecule has 3 rings (SSSR count). The zero-order valence-corrected chi connectivity index (χ0v) is 13.0. The van der Waals surface area contributed by atoms with Crippen molar-refractivity contribution in [3.63, 3.8) is 0 Å². The third-order valence-electron chi connectivity index (χ3n) is 4.58. The van der Waals surface area contributed by atoms with Crippen LogP contribution in [0.2, 0.25) is 0 Å². The van der Waals surface area contributed by atoms with Crippen molar-refractivity contribution in [1.29, 1.82) is 0 Å². The summed E-state index contributed by atoms with van der Waals surface area (Å²) in [5.41, 5.74) is 3.65.